The smallest absolute Gasteiger partial charge is 0.260 e. The van der Waals surface area contributed by atoms with Crippen LogP contribution in [0.15, 0.2) is 46.9 Å². The molecule has 8 nitrogen and oxygen atoms in total. The molecule has 0 spiro atoms. The van der Waals surface area contributed by atoms with Crippen LogP contribution >= 0.6 is 23.2 Å². The third kappa shape index (κ3) is 6.30. The van der Waals surface area contributed by atoms with Gasteiger partial charge in [0.2, 0.25) is 17.5 Å². The highest BCUT2D eigenvalue weighted by Gasteiger charge is 2.26. The first-order valence-corrected chi connectivity index (χ1v) is 12.1. The third-order valence-corrected chi connectivity index (χ3v) is 6.04. The average Bonchev–Trinajstić information content (AvgIpc) is 3.31. The van der Waals surface area contributed by atoms with E-state index in [1.54, 1.807) is 29.2 Å². The standard InChI is InChI=1S/C26H24Cl2N4O4/c1-2-34-20-7-3-18(4-8-20)5-10-24-30-22(16-29)26(36-24)32-13-11-31(12-14-32)25(33)17-35-23-9-6-19(27)15-21(23)28/h3-10,15H,2,11-14,17H2,1H3/b10-5+. The molecule has 1 amide bonds. The summed E-state index contributed by atoms with van der Waals surface area (Å²) in [6, 6.07) is 14.6. The molecule has 0 aliphatic carbocycles. The van der Waals surface area contributed by atoms with Gasteiger partial charge in [0, 0.05) is 37.3 Å². The van der Waals surface area contributed by atoms with Gasteiger partial charge in [-0.25, -0.2) is 0 Å². The van der Waals surface area contributed by atoms with Gasteiger partial charge in [0.15, 0.2) is 6.61 Å². The summed E-state index contributed by atoms with van der Waals surface area (Å²) in [6.07, 6.45) is 3.58. The van der Waals surface area contributed by atoms with Gasteiger partial charge in [0.1, 0.15) is 17.6 Å². The average molecular weight is 527 g/mol. The minimum absolute atomic E-state index is 0.131. The maximum Gasteiger partial charge on any atom is 0.260 e. The van der Waals surface area contributed by atoms with Crippen molar-refractivity contribution in [2.24, 2.45) is 0 Å². The number of ether oxygens (including phenoxy) is 2. The number of hydrogen-bond acceptors (Lipinski definition) is 7. The topological polar surface area (TPSA) is 91.8 Å². The summed E-state index contributed by atoms with van der Waals surface area (Å²) in [5.74, 6) is 1.79. The summed E-state index contributed by atoms with van der Waals surface area (Å²) < 4.78 is 16.9. The lowest BCUT2D eigenvalue weighted by molar-refractivity contribution is -0.133. The molecular weight excluding hydrogens is 503 g/mol. The number of nitriles is 1. The van der Waals surface area contributed by atoms with Crippen LogP contribution in [0.4, 0.5) is 5.88 Å². The predicted octanol–water partition coefficient (Wildman–Crippen LogP) is 5.15. The normalized spacial score (nSPS) is 13.6. The van der Waals surface area contributed by atoms with Crippen molar-refractivity contribution >= 4 is 47.1 Å². The number of aromatic nitrogens is 1. The molecule has 186 valence electrons. The van der Waals surface area contributed by atoms with E-state index in [0.29, 0.717) is 60.4 Å². The van der Waals surface area contributed by atoms with Crippen LogP contribution in [0, 0.1) is 11.3 Å². The molecule has 0 radical (unpaired) electrons. The van der Waals surface area contributed by atoms with Gasteiger partial charge < -0.3 is 23.7 Å². The Morgan fingerprint density at radius 2 is 1.86 bits per heavy atom. The first-order valence-electron chi connectivity index (χ1n) is 11.4. The van der Waals surface area contributed by atoms with Gasteiger partial charge in [-0.1, -0.05) is 35.3 Å². The summed E-state index contributed by atoms with van der Waals surface area (Å²) >= 11 is 12.0. The number of benzene rings is 2. The van der Waals surface area contributed by atoms with Crippen LogP contribution in [0.5, 0.6) is 11.5 Å². The second kappa shape index (κ2) is 11.8. The van der Waals surface area contributed by atoms with Crippen molar-refractivity contribution < 1.29 is 18.7 Å². The van der Waals surface area contributed by atoms with E-state index in [0.717, 1.165) is 11.3 Å². The van der Waals surface area contributed by atoms with E-state index in [1.807, 2.05) is 42.2 Å². The number of oxazole rings is 1. The van der Waals surface area contributed by atoms with Crippen molar-refractivity contribution in [3.8, 4) is 17.6 Å². The zero-order valence-electron chi connectivity index (χ0n) is 19.6. The third-order valence-electron chi connectivity index (χ3n) is 5.51. The lowest BCUT2D eigenvalue weighted by Gasteiger charge is -2.34. The van der Waals surface area contributed by atoms with E-state index in [4.69, 9.17) is 37.1 Å². The van der Waals surface area contributed by atoms with Crippen molar-refractivity contribution in [1.29, 1.82) is 5.26 Å². The molecule has 0 atom stereocenters. The van der Waals surface area contributed by atoms with E-state index in [9.17, 15) is 10.1 Å². The summed E-state index contributed by atoms with van der Waals surface area (Å²) in [7, 11) is 0. The van der Waals surface area contributed by atoms with E-state index in [1.165, 1.54) is 0 Å². The zero-order chi connectivity index (χ0) is 25.5. The fourth-order valence-electron chi connectivity index (χ4n) is 3.68. The Balaban J connectivity index is 1.33. The predicted molar refractivity (Wildman–Crippen MR) is 139 cm³/mol. The van der Waals surface area contributed by atoms with Crippen LogP contribution in [0.3, 0.4) is 0 Å². The number of carbonyl (C=O) groups is 1. The van der Waals surface area contributed by atoms with Gasteiger partial charge >= 0.3 is 0 Å². The molecule has 2 heterocycles. The molecule has 2 aromatic carbocycles. The number of hydrogen-bond donors (Lipinski definition) is 0. The van der Waals surface area contributed by atoms with Crippen molar-refractivity contribution in [3.05, 3.63) is 69.7 Å². The van der Waals surface area contributed by atoms with Crippen LogP contribution in [-0.4, -0.2) is 55.2 Å². The molecule has 0 saturated carbocycles. The number of carbonyl (C=O) groups excluding carboxylic acids is 1. The van der Waals surface area contributed by atoms with Gasteiger partial charge in [0.25, 0.3) is 5.91 Å². The quantitative estimate of drug-likeness (QED) is 0.400. The first-order chi connectivity index (χ1) is 17.5. The highest BCUT2D eigenvalue weighted by molar-refractivity contribution is 6.35. The Labute approximate surface area is 219 Å². The lowest BCUT2D eigenvalue weighted by atomic mass is 10.2. The van der Waals surface area contributed by atoms with E-state index < -0.39 is 0 Å². The summed E-state index contributed by atoms with van der Waals surface area (Å²) in [4.78, 5) is 20.5. The number of anilines is 1. The fraction of sp³-hybridized carbons (Fsp3) is 0.269. The van der Waals surface area contributed by atoms with Crippen molar-refractivity contribution in [2.75, 3.05) is 44.3 Å². The molecule has 1 fully saturated rings. The molecule has 1 aliphatic heterocycles. The van der Waals surface area contributed by atoms with Crippen LogP contribution in [0.25, 0.3) is 12.2 Å². The maximum atomic E-state index is 12.6. The highest BCUT2D eigenvalue weighted by Crippen LogP contribution is 2.28. The van der Waals surface area contributed by atoms with Crippen LogP contribution in [-0.2, 0) is 4.79 Å². The molecule has 1 aliphatic rings. The van der Waals surface area contributed by atoms with Crippen molar-refractivity contribution in [3.63, 3.8) is 0 Å². The van der Waals surface area contributed by atoms with Crippen molar-refractivity contribution in [2.45, 2.75) is 6.92 Å². The minimum Gasteiger partial charge on any atom is -0.494 e. The Bertz CT molecular complexity index is 1280. The maximum absolute atomic E-state index is 12.6. The first kappa shape index (κ1) is 25.4. The van der Waals surface area contributed by atoms with Gasteiger partial charge in [-0.15, -0.1) is 0 Å². The molecule has 0 unspecified atom stereocenters. The monoisotopic (exact) mass is 526 g/mol. The summed E-state index contributed by atoms with van der Waals surface area (Å²) in [5, 5.41) is 10.4. The number of nitrogens with zero attached hydrogens (tertiary/aromatic N) is 4. The van der Waals surface area contributed by atoms with Gasteiger partial charge in [-0.05, 0) is 48.9 Å². The summed E-state index contributed by atoms with van der Waals surface area (Å²) in [6.45, 7) is 4.33. The second-order valence-electron chi connectivity index (χ2n) is 7.88. The molecule has 0 bridgehead atoms. The van der Waals surface area contributed by atoms with Gasteiger partial charge in [-0.2, -0.15) is 10.2 Å². The van der Waals surface area contributed by atoms with Crippen LogP contribution in [0.2, 0.25) is 10.0 Å². The SMILES string of the molecule is CCOc1ccc(/C=C/c2nc(C#N)c(N3CCN(C(=O)COc4ccc(Cl)cc4Cl)CC3)o2)cc1. The highest BCUT2D eigenvalue weighted by atomic mass is 35.5. The van der Waals surface area contributed by atoms with Gasteiger partial charge in [-0.3, -0.25) is 4.79 Å². The number of piperazine rings is 1. The molecule has 1 aromatic heterocycles. The molecular formula is C26H24Cl2N4O4. The molecule has 0 N–H and O–H groups in total. The number of halogens is 2. The fourth-order valence-corrected chi connectivity index (χ4v) is 4.14. The Morgan fingerprint density at radius 3 is 2.53 bits per heavy atom. The molecule has 10 heteroatoms. The zero-order valence-corrected chi connectivity index (χ0v) is 21.1. The van der Waals surface area contributed by atoms with Crippen LogP contribution in [0.1, 0.15) is 24.1 Å². The Kier molecular flexibility index (Phi) is 8.36. The molecule has 1 saturated heterocycles. The molecule has 4 rings (SSSR count). The largest absolute Gasteiger partial charge is 0.494 e. The Hall–Kier alpha value is -3.67. The minimum atomic E-state index is -0.155. The van der Waals surface area contributed by atoms with E-state index >= 15 is 0 Å². The number of rotatable bonds is 8. The lowest BCUT2D eigenvalue weighted by Crippen LogP contribution is -2.50. The number of amides is 1. The molecule has 36 heavy (non-hydrogen) atoms. The van der Waals surface area contributed by atoms with Gasteiger partial charge in [0.05, 0.1) is 11.6 Å². The Morgan fingerprint density at radius 1 is 1.11 bits per heavy atom. The summed E-state index contributed by atoms with van der Waals surface area (Å²) in [5.41, 5.74) is 1.16. The van der Waals surface area contributed by atoms with E-state index in [-0.39, 0.29) is 18.2 Å². The van der Waals surface area contributed by atoms with E-state index in [2.05, 4.69) is 11.1 Å². The van der Waals surface area contributed by atoms with Crippen LogP contribution < -0.4 is 14.4 Å². The molecule has 3 aromatic rings. The van der Waals surface area contributed by atoms with Crippen molar-refractivity contribution in [1.82, 2.24) is 9.88 Å². The second-order valence-corrected chi connectivity index (χ2v) is 8.73.